The summed E-state index contributed by atoms with van der Waals surface area (Å²) in [5.41, 5.74) is 2.90. The first-order chi connectivity index (χ1) is 17.3. The van der Waals surface area contributed by atoms with E-state index >= 15 is 0 Å². The molecule has 4 rings (SSSR count). The van der Waals surface area contributed by atoms with Crippen LogP contribution in [0.25, 0.3) is 10.6 Å². The van der Waals surface area contributed by atoms with E-state index in [0.717, 1.165) is 27.3 Å². The summed E-state index contributed by atoms with van der Waals surface area (Å²) in [5, 5.41) is 11.1. The maximum atomic E-state index is 14.1. The highest BCUT2D eigenvalue weighted by Crippen LogP contribution is 2.41. The van der Waals surface area contributed by atoms with Gasteiger partial charge in [-0.2, -0.15) is 0 Å². The number of hydrogen-bond acceptors (Lipinski definition) is 6. The van der Waals surface area contributed by atoms with E-state index in [1.807, 2.05) is 71.9 Å². The minimum Gasteiger partial charge on any atom is -0.507 e. The number of benzene rings is 1. The van der Waals surface area contributed by atoms with Crippen molar-refractivity contribution >= 4 is 27.0 Å². The number of hydrogen-bond donors (Lipinski definition) is 1. The molecule has 1 N–H and O–H groups in total. The Morgan fingerprint density at radius 2 is 1.57 bits per heavy atom. The standard InChI is InChI=1S/C29H33N3O3S2/c1-28(2,3)22-16-20(17-23(27(22)33)29(4,5)6)19-32(21-10-9-14-30-18-21)37(34,35)26-13-12-25(36-26)24-11-7-8-15-31-24/h7-18,33H,19H2,1-6H3. The quantitative estimate of drug-likeness (QED) is 0.290. The Morgan fingerprint density at radius 3 is 2.11 bits per heavy atom. The van der Waals surface area contributed by atoms with E-state index in [1.165, 1.54) is 15.6 Å². The average Bonchev–Trinajstić information content (AvgIpc) is 3.34. The number of thiophene rings is 1. The van der Waals surface area contributed by atoms with E-state index < -0.39 is 10.0 Å². The lowest BCUT2D eigenvalue weighted by atomic mass is 9.78. The van der Waals surface area contributed by atoms with Crippen molar-refractivity contribution in [2.45, 2.75) is 63.1 Å². The highest BCUT2D eigenvalue weighted by molar-refractivity contribution is 7.94. The number of sulfonamides is 1. The van der Waals surface area contributed by atoms with Crippen molar-refractivity contribution in [3.05, 3.63) is 89.9 Å². The SMILES string of the molecule is CC(C)(C)c1cc(CN(c2cccnc2)S(=O)(=O)c2ccc(-c3ccccn3)s2)cc(C(C)(C)C)c1O. The number of phenols is 1. The normalized spacial score (nSPS) is 12.5. The molecule has 4 aromatic rings. The predicted molar refractivity (Wildman–Crippen MR) is 151 cm³/mol. The molecule has 0 aliphatic rings. The summed E-state index contributed by atoms with van der Waals surface area (Å²) in [4.78, 5) is 9.32. The lowest BCUT2D eigenvalue weighted by Crippen LogP contribution is -2.30. The molecule has 0 saturated carbocycles. The largest absolute Gasteiger partial charge is 0.507 e. The van der Waals surface area contributed by atoms with Crippen LogP contribution in [0.4, 0.5) is 5.69 Å². The Hall–Kier alpha value is -3.23. The maximum Gasteiger partial charge on any atom is 0.274 e. The molecule has 0 saturated heterocycles. The van der Waals surface area contributed by atoms with Gasteiger partial charge in [0.2, 0.25) is 0 Å². The number of rotatable bonds is 6. The molecule has 194 valence electrons. The molecule has 0 unspecified atom stereocenters. The van der Waals surface area contributed by atoms with Crippen LogP contribution in [0.5, 0.6) is 5.75 Å². The summed E-state index contributed by atoms with van der Waals surface area (Å²) >= 11 is 1.19. The van der Waals surface area contributed by atoms with Gasteiger partial charge in [-0.05, 0) is 76.1 Å². The molecule has 0 aliphatic carbocycles. The molecule has 0 atom stereocenters. The summed E-state index contributed by atoms with van der Waals surface area (Å²) in [7, 11) is -3.92. The minimum absolute atomic E-state index is 0.0945. The molecule has 1 aromatic carbocycles. The third-order valence-corrected chi connectivity index (χ3v) is 9.44. The number of phenolic OH excluding ortho intramolecular Hbond substituents is 1. The van der Waals surface area contributed by atoms with Gasteiger partial charge in [-0.1, -0.05) is 47.6 Å². The van der Waals surface area contributed by atoms with Crippen LogP contribution in [0.2, 0.25) is 0 Å². The second-order valence-electron chi connectivity index (χ2n) is 11.1. The van der Waals surface area contributed by atoms with Crippen molar-refractivity contribution < 1.29 is 13.5 Å². The van der Waals surface area contributed by atoms with Crippen LogP contribution in [0, 0.1) is 0 Å². The van der Waals surface area contributed by atoms with Gasteiger partial charge in [0.1, 0.15) is 9.96 Å². The molecule has 0 radical (unpaired) electrons. The van der Waals surface area contributed by atoms with Crippen LogP contribution in [0.1, 0.15) is 58.2 Å². The van der Waals surface area contributed by atoms with E-state index in [0.29, 0.717) is 5.69 Å². The van der Waals surface area contributed by atoms with Gasteiger partial charge in [0.05, 0.1) is 29.0 Å². The van der Waals surface area contributed by atoms with Gasteiger partial charge in [0, 0.05) is 12.4 Å². The molecule has 37 heavy (non-hydrogen) atoms. The fraction of sp³-hybridized carbons (Fsp3) is 0.310. The molecule has 8 heteroatoms. The third-order valence-electron chi connectivity index (χ3n) is 6.09. The Bertz CT molecular complexity index is 1450. The highest BCUT2D eigenvalue weighted by Gasteiger charge is 2.31. The molecule has 0 spiro atoms. The van der Waals surface area contributed by atoms with Gasteiger partial charge in [-0.15, -0.1) is 11.3 Å². The average molecular weight is 536 g/mol. The number of aromatic nitrogens is 2. The van der Waals surface area contributed by atoms with Crippen LogP contribution < -0.4 is 4.31 Å². The van der Waals surface area contributed by atoms with Gasteiger partial charge in [0.15, 0.2) is 0 Å². The molecule has 0 amide bonds. The topological polar surface area (TPSA) is 83.4 Å². The predicted octanol–water partition coefficient (Wildman–Crippen LogP) is 6.90. The van der Waals surface area contributed by atoms with Gasteiger partial charge in [0.25, 0.3) is 10.0 Å². The highest BCUT2D eigenvalue weighted by atomic mass is 32.2. The van der Waals surface area contributed by atoms with E-state index in [9.17, 15) is 13.5 Å². The molecule has 3 aromatic heterocycles. The zero-order chi connectivity index (χ0) is 27.0. The van der Waals surface area contributed by atoms with Crippen molar-refractivity contribution in [3.8, 4) is 16.3 Å². The van der Waals surface area contributed by atoms with Crippen molar-refractivity contribution in [2.24, 2.45) is 0 Å². The minimum atomic E-state index is -3.92. The molecule has 0 aliphatic heterocycles. The second kappa shape index (κ2) is 9.91. The van der Waals surface area contributed by atoms with Crippen molar-refractivity contribution in [2.75, 3.05) is 4.31 Å². The fourth-order valence-electron chi connectivity index (χ4n) is 4.12. The molecule has 0 fully saturated rings. The zero-order valence-corrected chi connectivity index (χ0v) is 23.7. The maximum absolute atomic E-state index is 14.1. The fourth-order valence-corrected chi connectivity index (χ4v) is 6.96. The summed E-state index contributed by atoms with van der Waals surface area (Å²) in [6.45, 7) is 12.3. The first kappa shape index (κ1) is 26.8. The Kier molecular flexibility index (Phi) is 7.18. The van der Waals surface area contributed by atoms with Gasteiger partial charge in [-0.3, -0.25) is 14.3 Å². The van der Waals surface area contributed by atoms with Gasteiger partial charge < -0.3 is 5.11 Å². The van der Waals surface area contributed by atoms with Crippen LogP contribution >= 0.6 is 11.3 Å². The third kappa shape index (κ3) is 5.70. The van der Waals surface area contributed by atoms with Crippen LogP contribution in [0.15, 0.2) is 77.4 Å². The van der Waals surface area contributed by atoms with Crippen molar-refractivity contribution in [1.82, 2.24) is 9.97 Å². The molecular formula is C29H33N3O3S2. The molecule has 3 heterocycles. The van der Waals surface area contributed by atoms with Gasteiger partial charge in [-0.25, -0.2) is 8.42 Å². The summed E-state index contributed by atoms with van der Waals surface area (Å²) in [5.74, 6) is 0.262. The lowest BCUT2D eigenvalue weighted by Gasteiger charge is -2.30. The van der Waals surface area contributed by atoms with E-state index in [4.69, 9.17) is 0 Å². The first-order valence-corrected chi connectivity index (χ1v) is 14.3. The molecular weight excluding hydrogens is 502 g/mol. The summed E-state index contributed by atoms with van der Waals surface area (Å²) in [6, 6.07) is 16.3. The Labute approximate surface area is 223 Å². The Morgan fingerprint density at radius 1 is 0.892 bits per heavy atom. The van der Waals surface area contributed by atoms with Crippen LogP contribution in [0.3, 0.4) is 0 Å². The first-order valence-electron chi connectivity index (χ1n) is 12.1. The van der Waals surface area contributed by atoms with E-state index in [2.05, 4.69) is 9.97 Å². The molecule has 0 bridgehead atoms. The number of aromatic hydroxyl groups is 1. The van der Waals surface area contributed by atoms with Crippen molar-refractivity contribution in [3.63, 3.8) is 0 Å². The summed E-state index contributed by atoms with van der Waals surface area (Å²) < 4.78 is 29.7. The molecule has 6 nitrogen and oxygen atoms in total. The monoisotopic (exact) mass is 535 g/mol. The Balaban J connectivity index is 1.83. The number of anilines is 1. The van der Waals surface area contributed by atoms with E-state index in [1.54, 1.807) is 42.9 Å². The zero-order valence-electron chi connectivity index (χ0n) is 22.1. The van der Waals surface area contributed by atoms with Gasteiger partial charge >= 0.3 is 0 Å². The summed E-state index contributed by atoms with van der Waals surface area (Å²) in [6.07, 6.45) is 4.87. The number of nitrogens with zero attached hydrogens (tertiary/aromatic N) is 3. The van der Waals surface area contributed by atoms with Crippen molar-refractivity contribution in [1.29, 1.82) is 0 Å². The smallest absolute Gasteiger partial charge is 0.274 e. The van der Waals surface area contributed by atoms with Crippen LogP contribution in [-0.2, 0) is 27.4 Å². The second-order valence-corrected chi connectivity index (χ2v) is 14.3. The number of pyridine rings is 2. The van der Waals surface area contributed by atoms with E-state index in [-0.39, 0.29) is 27.3 Å². The lowest BCUT2D eigenvalue weighted by molar-refractivity contribution is 0.422. The van der Waals surface area contributed by atoms with Crippen LogP contribution in [-0.4, -0.2) is 23.5 Å².